The van der Waals surface area contributed by atoms with E-state index in [1.54, 1.807) is 4.90 Å². The number of aromatic nitrogens is 1. The van der Waals surface area contributed by atoms with Crippen LogP contribution in [0.4, 0.5) is 27.6 Å². The van der Waals surface area contributed by atoms with Crippen LogP contribution >= 0.6 is 0 Å². The Morgan fingerprint density at radius 2 is 1.71 bits per heavy atom. The molecule has 0 aliphatic heterocycles. The molecule has 3 aliphatic rings. The molecule has 49 heavy (non-hydrogen) atoms. The van der Waals surface area contributed by atoms with Gasteiger partial charge < -0.3 is 19.1 Å². The van der Waals surface area contributed by atoms with Gasteiger partial charge in [0, 0.05) is 37.6 Å². The van der Waals surface area contributed by atoms with Crippen molar-refractivity contribution >= 4 is 17.6 Å². The highest BCUT2D eigenvalue weighted by Crippen LogP contribution is 2.42. The monoisotopic (exact) mass is 694 g/mol. The summed E-state index contributed by atoms with van der Waals surface area (Å²) in [6.45, 7) is 4.71. The van der Waals surface area contributed by atoms with Crippen LogP contribution in [-0.4, -0.2) is 48.6 Å². The lowest BCUT2D eigenvalue weighted by Crippen LogP contribution is -2.47. The average molecular weight is 695 g/mol. The largest absolute Gasteiger partial charge is 0.465 e. The Bertz CT molecular complexity index is 1450. The number of benzene rings is 1. The molecule has 7 nitrogen and oxygen atoms in total. The van der Waals surface area contributed by atoms with E-state index in [9.17, 15) is 31.5 Å². The summed E-state index contributed by atoms with van der Waals surface area (Å²) >= 11 is 0. The third-order valence-corrected chi connectivity index (χ3v) is 10.3. The molecule has 1 aromatic carbocycles. The van der Waals surface area contributed by atoms with E-state index in [2.05, 4.69) is 11.9 Å². The number of ether oxygens (including phenoxy) is 3. The Hall–Kier alpha value is -3.28. The minimum absolute atomic E-state index is 0.00661. The van der Waals surface area contributed by atoms with Gasteiger partial charge in [0.05, 0.1) is 24.5 Å². The molecule has 1 atom stereocenters. The Morgan fingerprint density at radius 3 is 2.35 bits per heavy atom. The molecule has 1 heterocycles. The summed E-state index contributed by atoms with van der Waals surface area (Å²) < 4.78 is 87.3. The molecular weight excluding hydrogens is 647 g/mol. The first kappa shape index (κ1) is 37.0. The summed E-state index contributed by atoms with van der Waals surface area (Å²) in [7, 11) is 1.20. The zero-order valence-corrected chi connectivity index (χ0v) is 28.5. The molecular formula is C37H47F5N2O5. The maximum Gasteiger partial charge on any atom is 0.421 e. The molecule has 3 aliphatic carbocycles. The number of carbonyl (C=O) groups excluding carboxylic acids is 2. The highest BCUT2D eigenvalue weighted by Gasteiger charge is 2.40. The van der Waals surface area contributed by atoms with Gasteiger partial charge in [-0.25, -0.2) is 18.6 Å². The fraction of sp³-hybridized carbons (Fsp3) is 0.649. The first-order valence-electron chi connectivity index (χ1n) is 17.6. The zero-order valence-electron chi connectivity index (χ0n) is 28.5. The van der Waals surface area contributed by atoms with E-state index < -0.39 is 35.4 Å². The van der Waals surface area contributed by atoms with Crippen molar-refractivity contribution in [2.75, 3.05) is 18.6 Å². The lowest BCUT2D eigenvalue weighted by molar-refractivity contribution is -0.139. The number of nitrogens with zero attached hydrogens (tertiary/aromatic N) is 2. The minimum Gasteiger partial charge on any atom is -0.465 e. The van der Waals surface area contributed by atoms with E-state index in [0.717, 1.165) is 44.6 Å². The second-order valence-corrected chi connectivity index (χ2v) is 14.0. The molecule has 0 saturated heterocycles. The van der Waals surface area contributed by atoms with Crippen LogP contribution in [0.3, 0.4) is 0 Å². The van der Waals surface area contributed by atoms with Gasteiger partial charge in [-0.1, -0.05) is 6.92 Å². The Morgan fingerprint density at radius 1 is 1.00 bits per heavy atom. The van der Waals surface area contributed by atoms with Crippen molar-refractivity contribution in [2.24, 2.45) is 17.8 Å². The topological polar surface area (TPSA) is 78.0 Å². The SMILES string of the molecule is CCOC1CCC(N(C(=O)C2CCC(C)CC2)c2ccc(Oc3ncc(CC4CCCC(F)(F)C4)cc3C(F)(F)F)cc2C(=O)OC)CC1. The number of hydrogen-bond donors (Lipinski definition) is 0. The maximum atomic E-state index is 14.3. The van der Waals surface area contributed by atoms with Gasteiger partial charge in [-0.3, -0.25) is 4.79 Å². The molecule has 1 aromatic heterocycles. The first-order valence-corrected chi connectivity index (χ1v) is 17.6. The van der Waals surface area contributed by atoms with Crippen molar-refractivity contribution in [3.63, 3.8) is 0 Å². The number of hydrogen-bond acceptors (Lipinski definition) is 6. The number of rotatable bonds is 10. The van der Waals surface area contributed by atoms with E-state index in [1.165, 1.54) is 31.5 Å². The van der Waals surface area contributed by atoms with Crippen molar-refractivity contribution in [2.45, 2.75) is 122 Å². The first-order chi connectivity index (χ1) is 23.3. The fourth-order valence-electron chi connectivity index (χ4n) is 7.75. The van der Waals surface area contributed by atoms with E-state index in [1.807, 2.05) is 6.92 Å². The lowest BCUT2D eigenvalue weighted by Gasteiger charge is -2.40. The van der Waals surface area contributed by atoms with Crippen LogP contribution < -0.4 is 9.64 Å². The predicted molar refractivity (Wildman–Crippen MR) is 174 cm³/mol. The average Bonchev–Trinajstić information content (AvgIpc) is 3.06. The second kappa shape index (κ2) is 15.7. The number of esters is 1. The summed E-state index contributed by atoms with van der Waals surface area (Å²) in [6.07, 6.45) is 2.93. The van der Waals surface area contributed by atoms with Crippen LogP contribution in [0.2, 0.25) is 0 Å². The highest BCUT2D eigenvalue weighted by molar-refractivity contribution is 6.04. The molecule has 0 spiro atoms. The lowest BCUT2D eigenvalue weighted by atomic mass is 9.81. The summed E-state index contributed by atoms with van der Waals surface area (Å²) in [4.78, 5) is 33.2. The number of alkyl halides is 5. The van der Waals surface area contributed by atoms with Crippen LogP contribution in [-0.2, 0) is 26.9 Å². The van der Waals surface area contributed by atoms with Gasteiger partial charge in [-0.2, -0.15) is 13.2 Å². The number of pyridine rings is 1. The molecule has 1 unspecified atom stereocenters. The number of amides is 1. The van der Waals surface area contributed by atoms with Crippen molar-refractivity contribution in [3.05, 3.63) is 47.2 Å². The Kier molecular flexibility index (Phi) is 11.9. The molecule has 2 aromatic rings. The molecule has 270 valence electrons. The van der Waals surface area contributed by atoms with Gasteiger partial charge in [0.2, 0.25) is 17.7 Å². The summed E-state index contributed by atoms with van der Waals surface area (Å²) in [5, 5.41) is 0. The van der Waals surface area contributed by atoms with E-state index >= 15 is 0 Å². The molecule has 12 heteroatoms. The second-order valence-electron chi connectivity index (χ2n) is 14.0. The molecule has 1 amide bonds. The Balaban J connectivity index is 1.45. The highest BCUT2D eigenvalue weighted by atomic mass is 19.4. The van der Waals surface area contributed by atoms with Crippen molar-refractivity contribution in [1.29, 1.82) is 0 Å². The molecule has 0 bridgehead atoms. The fourth-order valence-corrected chi connectivity index (χ4v) is 7.75. The quantitative estimate of drug-likeness (QED) is 0.182. The van der Waals surface area contributed by atoms with Crippen molar-refractivity contribution in [3.8, 4) is 11.6 Å². The van der Waals surface area contributed by atoms with Crippen LogP contribution in [0.25, 0.3) is 0 Å². The normalized spacial score (nSPS) is 25.8. The van der Waals surface area contributed by atoms with Gasteiger partial charge in [0.15, 0.2) is 0 Å². The maximum absolute atomic E-state index is 14.3. The summed E-state index contributed by atoms with van der Waals surface area (Å²) in [5.41, 5.74) is -0.636. The number of carbonyl (C=O) groups is 2. The predicted octanol–water partition coefficient (Wildman–Crippen LogP) is 9.55. The van der Waals surface area contributed by atoms with E-state index in [-0.39, 0.29) is 60.1 Å². The van der Waals surface area contributed by atoms with Crippen LogP contribution in [0.1, 0.15) is 112 Å². The van der Waals surface area contributed by atoms with Gasteiger partial charge in [0.25, 0.3) is 0 Å². The zero-order chi connectivity index (χ0) is 35.3. The molecule has 0 radical (unpaired) electrons. The number of halogens is 5. The van der Waals surface area contributed by atoms with Gasteiger partial charge >= 0.3 is 12.1 Å². The molecule has 5 rings (SSSR count). The summed E-state index contributed by atoms with van der Waals surface area (Å²) in [5.74, 6) is -4.62. The van der Waals surface area contributed by atoms with Crippen LogP contribution in [0.5, 0.6) is 11.6 Å². The number of anilines is 1. The van der Waals surface area contributed by atoms with Crippen molar-refractivity contribution in [1.82, 2.24) is 4.98 Å². The third kappa shape index (κ3) is 9.29. The number of methoxy groups -OCH3 is 1. The van der Waals surface area contributed by atoms with E-state index in [0.29, 0.717) is 43.9 Å². The smallest absolute Gasteiger partial charge is 0.421 e. The minimum atomic E-state index is -4.85. The van der Waals surface area contributed by atoms with Gasteiger partial charge in [-0.15, -0.1) is 0 Å². The molecule has 3 saturated carbocycles. The van der Waals surface area contributed by atoms with Crippen LogP contribution in [0.15, 0.2) is 30.5 Å². The van der Waals surface area contributed by atoms with Crippen molar-refractivity contribution < 1.29 is 45.8 Å². The Labute approximate surface area is 284 Å². The van der Waals surface area contributed by atoms with E-state index in [4.69, 9.17) is 14.2 Å². The van der Waals surface area contributed by atoms with Gasteiger partial charge in [0.1, 0.15) is 11.3 Å². The van der Waals surface area contributed by atoms with Crippen LogP contribution in [0, 0.1) is 17.8 Å². The molecule has 0 N–H and O–H groups in total. The standard InChI is InChI=1S/C37H47F5N2O5/c1-4-48-28-13-11-27(12-14-28)44(34(45)26-9-7-23(2)8-10-26)32-16-15-29(20-30(32)35(46)47-3)49-33-31(37(40,41)42)19-25(22-43-33)18-24-6-5-17-36(38,39)21-24/h15-16,19-20,22-24,26-28H,4-14,17-18,21H2,1-3H3. The van der Waals surface area contributed by atoms with Gasteiger partial charge in [-0.05, 0) is 119 Å². The summed E-state index contributed by atoms with van der Waals surface area (Å²) in [6, 6.07) is 4.94. The third-order valence-electron chi connectivity index (χ3n) is 10.3. The molecule has 3 fully saturated rings.